The third-order valence-electron chi connectivity index (χ3n) is 4.27. The van der Waals surface area contributed by atoms with E-state index in [0.717, 1.165) is 22.6 Å². The Labute approximate surface area is 163 Å². The van der Waals surface area contributed by atoms with Gasteiger partial charge in [-0.25, -0.2) is 0 Å². The molecule has 2 aromatic heterocycles. The summed E-state index contributed by atoms with van der Waals surface area (Å²) in [5, 5.41) is 5.25. The summed E-state index contributed by atoms with van der Waals surface area (Å²) in [4.78, 5) is 27.8. The SMILES string of the molecule is Cc1cc(/C=C/C(=O)NCC(=O)Nc2cccnc2)c(C)n1-c1ccccc1. The van der Waals surface area contributed by atoms with Crippen molar-refractivity contribution in [3.8, 4) is 5.69 Å². The molecular weight excluding hydrogens is 352 g/mol. The van der Waals surface area contributed by atoms with Crippen LogP contribution in [-0.2, 0) is 9.59 Å². The van der Waals surface area contributed by atoms with E-state index in [9.17, 15) is 9.59 Å². The van der Waals surface area contributed by atoms with Gasteiger partial charge in [0.2, 0.25) is 11.8 Å². The Morgan fingerprint density at radius 1 is 1.11 bits per heavy atom. The van der Waals surface area contributed by atoms with Crippen molar-refractivity contribution in [3.63, 3.8) is 0 Å². The number of carbonyl (C=O) groups is 2. The van der Waals surface area contributed by atoms with Gasteiger partial charge in [-0.1, -0.05) is 18.2 Å². The molecule has 2 N–H and O–H groups in total. The highest BCUT2D eigenvalue weighted by Gasteiger charge is 2.09. The number of para-hydroxylation sites is 1. The number of hydrogen-bond donors (Lipinski definition) is 2. The average molecular weight is 374 g/mol. The molecule has 6 nitrogen and oxygen atoms in total. The van der Waals surface area contributed by atoms with E-state index >= 15 is 0 Å². The van der Waals surface area contributed by atoms with Crippen molar-refractivity contribution >= 4 is 23.6 Å². The van der Waals surface area contributed by atoms with Gasteiger partial charge in [0.15, 0.2) is 0 Å². The Morgan fingerprint density at radius 2 is 1.89 bits per heavy atom. The van der Waals surface area contributed by atoms with Gasteiger partial charge < -0.3 is 15.2 Å². The number of nitrogens with one attached hydrogen (secondary N) is 2. The Kier molecular flexibility index (Phi) is 6.01. The summed E-state index contributed by atoms with van der Waals surface area (Å²) in [7, 11) is 0. The molecule has 2 heterocycles. The van der Waals surface area contributed by atoms with Crippen molar-refractivity contribution in [2.45, 2.75) is 13.8 Å². The standard InChI is InChI=1S/C22H22N4O2/c1-16-13-18(17(2)26(16)20-8-4-3-5-9-20)10-11-21(27)24-15-22(28)25-19-7-6-12-23-14-19/h3-14H,15H2,1-2H3,(H,24,27)(H,25,28)/b11-10+. The topological polar surface area (TPSA) is 76.0 Å². The molecule has 0 atom stereocenters. The first kappa shape index (κ1) is 19.1. The molecule has 0 aliphatic heterocycles. The van der Waals surface area contributed by atoms with E-state index < -0.39 is 0 Å². The van der Waals surface area contributed by atoms with Crippen LogP contribution in [-0.4, -0.2) is 27.9 Å². The van der Waals surface area contributed by atoms with E-state index in [2.05, 4.69) is 20.2 Å². The first-order valence-electron chi connectivity index (χ1n) is 8.95. The summed E-state index contributed by atoms with van der Waals surface area (Å²) in [5.41, 5.74) is 4.75. The minimum absolute atomic E-state index is 0.110. The third-order valence-corrected chi connectivity index (χ3v) is 4.27. The molecule has 0 radical (unpaired) electrons. The summed E-state index contributed by atoms with van der Waals surface area (Å²) in [6.07, 6.45) is 6.36. The van der Waals surface area contributed by atoms with Crippen LogP contribution in [0.5, 0.6) is 0 Å². The fourth-order valence-corrected chi connectivity index (χ4v) is 2.96. The summed E-state index contributed by atoms with van der Waals surface area (Å²) in [6, 6.07) is 15.5. The van der Waals surface area contributed by atoms with Crippen molar-refractivity contribution < 1.29 is 9.59 Å². The zero-order chi connectivity index (χ0) is 19.9. The van der Waals surface area contributed by atoms with Crippen LogP contribution < -0.4 is 10.6 Å². The lowest BCUT2D eigenvalue weighted by molar-refractivity contribution is -0.121. The molecule has 0 spiro atoms. The summed E-state index contributed by atoms with van der Waals surface area (Å²) in [6.45, 7) is 3.93. The van der Waals surface area contributed by atoms with Crippen molar-refractivity contribution in [2.75, 3.05) is 11.9 Å². The molecular formula is C22H22N4O2. The van der Waals surface area contributed by atoms with Gasteiger partial charge in [-0.05, 0) is 55.8 Å². The van der Waals surface area contributed by atoms with Crippen LogP contribution in [0, 0.1) is 13.8 Å². The fourth-order valence-electron chi connectivity index (χ4n) is 2.96. The molecule has 1 aromatic carbocycles. The summed E-state index contributed by atoms with van der Waals surface area (Å²) >= 11 is 0. The molecule has 28 heavy (non-hydrogen) atoms. The van der Waals surface area contributed by atoms with Gasteiger partial charge in [-0.3, -0.25) is 14.6 Å². The van der Waals surface area contributed by atoms with Gasteiger partial charge in [0.1, 0.15) is 0 Å². The summed E-state index contributed by atoms with van der Waals surface area (Å²) in [5.74, 6) is -0.636. The molecule has 0 bridgehead atoms. The highest BCUT2D eigenvalue weighted by atomic mass is 16.2. The van der Waals surface area contributed by atoms with E-state index in [-0.39, 0.29) is 18.4 Å². The lowest BCUT2D eigenvalue weighted by Gasteiger charge is -2.09. The van der Waals surface area contributed by atoms with Crippen LogP contribution in [0.3, 0.4) is 0 Å². The number of aryl methyl sites for hydroxylation is 1. The Bertz CT molecular complexity index is 992. The minimum Gasteiger partial charge on any atom is -0.343 e. The maximum atomic E-state index is 12.0. The second kappa shape index (κ2) is 8.81. The number of rotatable bonds is 6. The van der Waals surface area contributed by atoms with Crippen LogP contribution in [0.1, 0.15) is 17.0 Å². The fraction of sp³-hybridized carbons (Fsp3) is 0.136. The second-order valence-electron chi connectivity index (χ2n) is 6.34. The second-order valence-corrected chi connectivity index (χ2v) is 6.34. The van der Waals surface area contributed by atoms with Gasteiger partial charge >= 0.3 is 0 Å². The molecule has 0 saturated carbocycles. The Morgan fingerprint density at radius 3 is 2.61 bits per heavy atom. The highest BCUT2D eigenvalue weighted by molar-refractivity contribution is 5.98. The van der Waals surface area contributed by atoms with Crippen LogP contribution in [0.15, 0.2) is 67.0 Å². The molecule has 2 amide bonds. The van der Waals surface area contributed by atoms with Crippen LogP contribution in [0.25, 0.3) is 11.8 Å². The number of anilines is 1. The maximum absolute atomic E-state index is 12.0. The van der Waals surface area contributed by atoms with Gasteiger partial charge in [-0.2, -0.15) is 0 Å². The number of carbonyl (C=O) groups excluding carboxylic acids is 2. The molecule has 3 rings (SSSR count). The highest BCUT2D eigenvalue weighted by Crippen LogP contribution is 2.21. The Hall–Kier alpha value is -3.67. The lowest BCUT2D eigenvalue weighted by atomic mass is 10.2. The van der Waals surface area contributed by atoms with Gasteiger partial charge in [0.05, 0.1) is 18.4 Å². The summed E-state index contributed by atoms with van der Waals surface area (Å²) < 4.78 is 2.14. The number of nitrogens with zero attached hydrogens (tertiary/aromatic N) is 2. The molecule has 0 fully saturated rings. The zero-order valence-electron chi connectivity index (χ0n) is 15.8. The van der Waals surface area contributed by atoms with Gasteiger partial charge in [0.25, 0.3) is 0 Å². The van der Waals surface area contributed by atoms with Crippen molar-refractivity contribution in [1.29, 1.82) is 0 Å². The normalized spacial score (nSPS) is 10.8. The maximum Gasteiger partial charge on any atom is 0.244 e. The largest absolute Gasteiger partial charge is 0.343 e. The van der Waals surface area contributed by atoms with Gasteiger partial charge in [-0.15, -0.1) is 0 Å². The molecule has 6 heteroatoms. The minimum atomic E-state index is -0.328. The predicted molar refractivity (Wildman–Crippen MR) is 110 cm³/mol. The van der Waals surface area contributed by atoms with Crippen molar-refractivity contribution in [1.82, 2.24) is 14.9 Å². The smallest absolute Gasteiger partial charge is 0.244 e. The van der Waals surface area contributed by atoms with Crippen LogP contribution in [0.4, 0.5) is 5.69 Å². The quantitative estimate of drug-likeness (QED) is 0.650. The molecule has 142 valence electrons. The van der Waals surface area contributed by atoms with E-state index in [1.54, 1.807) is 30.6 Å². The molecule has 3 aromatic rings. The third kappa shape index (κ3) is 4.73. The molecule has 0 aliphatic rings. The van der Waals surface area contributed by atoms with Crippen molar-refractivity contribution in [2.24, 2.45) is 0 Å². The van der Waals surface area contributed by atoms with Crippen molar-refractivity contribution in [3.05, 3.63) is 84.0 Å². The first-order valence-corrected chi connectivity index (χ1v) is 8.95. The van der Waals surface area contributed by atoms with E-state index in [1.807, 2.05) is 50.2 Å². The zero-order valence-corrected chi connectivity index (χ0v) is 15.8. The number of hydrogen-bond acceptors (Lipinski definition) is 3. The average Bonchev–Trinajstić information content (AvgIpc) is 2.99. The molecule has 0 unspecified atom stereocenters. The number of aromatic nitrogens is 2. The molecule has 0 aliphatic carbocycles. The van der Waals surface area contributed by atoms with E-state index in [1.165, 1.54) is 6.08 Å². The van der Waals surface area contributed by atoms with Crippen LogP contribution >= 0.6 is 0 Å². The Balaban J connectivity index is 1.59. The monoisotopic (exact) mass is 374 g/mol. The number of benzene rings is 1. The lowest BCUT2D eigenvalue weighted by Crippen LogP contribution is -2.31. The van der Waals surface area contributed by atoms with E-state index in [4.69, 9.17) is 0 Å². The van der Waals surface area contributed by atoms with Crippen LogP contribution in [0.2, 0.25) is 0 Å². The number of pyridine rings is 1. The predicted octanol–water partition coefficient (Wildman–Crippen LogP) is 3.26. The van der Waals surface area contributed by atoms with E-state index in [0.29, 0.717) is 5.69 Å². The first-order chi connectivity index (χ1) is 13.5. The number of amides is 2. The molecule has 0 saturated heterocycles. The van der Waals surface area contributed by atoms with Gasteiger partial charge in [0, 0.05) is 29.3 Å².